The first kappa shape index (κ1) is 13.9. The fourth-order valence-corrected chi connectivity index (χ4v) is 3.04. The van der Waals surface area contributed by atoms with Crippen LogP contribution in [0.4, 0.5) is 4.79 Å². The fraction of sp³-hybridized carbons (Fsp3) is 0.467. The van der Waals surface area contributed by atoms with Crippen LogP contribution in [0.2, 0.25) is 0 Å². The Kier molecular flexibility index (Phi) is 3.33. The van der Waals surface area contributed by atoms with Gasteiger partial charge < -0.3 is 15.2 Å². The molecule has 0 bridgehead atoms. The van der Waals surface area contributed by atoms with Crippen molar-refractivity contribution >= 4 is 12.0 Å². The summed E-state index contributed by atoms with van der Waals surface area (Å²) in [5.74, 6) is -0.172. The smallest absolute Gasteiger partial charge is 0.412 e. The van der Waals surface area contributed by atoms with E-state index in [1.54, 1.807) is 0 Å². The first-order valence-electron chi connectivity index (χ1n) is 7.04. The number of aryl methyl sites for hydroxylation is 1. The number of cyclic esters (lactones) is 1. The second-order valence-corrected chi connectivity index (χ2v) is 5.53. The molecule has 1 aromatic rings. The topological polar surface area (TPSA) is 78.9 Å². The molecule has 112 valence electrons. The van der Waals surface area contributed by atoms with Gasteiger partial charge in [-0.1, -0.05) is 24.3 Å². The number of rotatable bonds is 3. The summed E-state index contributed by atoms with van der Waals surface area (Å²) in [7, 11) is 0. The highest BCUT2D eigenvalue weighted by atomic mass is 16.6. The highest BCUT2D eigenvalue weighted by Gasteiger charge is 2.49. The van der Waals surface area contributed by atoms with Crippen LogP contribution < -0.4 is 5.32 Å². The van der Waals surface area contributed by atoms with Crippen LogP contribution in [0.5, 0.6) is 0 Å². The van der Waals surface area contributed by atoms with E-state index in [1.807, 2.05) is 24.3 Å². The standard InChI is InChI=1S/C15H18N2O4/c1-10(18)16-8-12-9-17(14(19)21-12)15(20)7-6-11-4-2-3-5-13(11)15/h2-5,12,20H,6-9H2,1H3,(H,16,18). The van der Waals surface area contributed by atoms with E-state index in [2.05, 4.69) is 5.32 Å². The summed E-state index contributed by atoms with van der Waals surface area (Å²) in [5.41, 5.74) is 0.513. The average Bonchev–Trinajstić information content (AvgIpc) is 2.99. The minimum absolute atomic E-state index is 0.172. The SMILES string of the molecule is CC(=O)NCC1CN(C2(O)CCc3ccccc32)C(=O)O1. The number of carbonyl (C=O) groups is 2. The molecule has 6 heteroatoms. The van der Waals surface area contributed by atoms with Gasteiger partial charge in [-0.3, -0.25) is 9.69 Å². The molecule has 1 saturated heterocycles. The normalized spacial score (nSPS) is 27.4. The summed E-state index contributed by atoms with van der Waals surface area (Å²) in [4.78, 5) is 24.4. The molecule has 3 rings (SSSR count). The number of fused-ring (bicyclic) bond motifs is 1. The van der Waals surface area contributed by atoms with E-state index < -0.39 is 17.9 Å². The van der Waals surface area contributed by atoms with Crippen LogP contribution >= 0.6 is 0 Å². The van der Waals surface area contributed by atoms with E-state index >= 15 is 0 Å². The van der Waals surface area contributed by atoms with E-state index in [4.69, 9.17) is 4.74 Å². The quantitative estimate of drug-likeness (QED) is 0.860. The third kappa shape index (κ3) is 2.35. The third-order valence-corrected chi connectivity index (χ3v) is 4.09. The highest BCUT2D eigenvalue weighted by Crippen LogP contribution is 2.41. The molecular formula is C15H18N2O4. The molecule has 2 aliphatic rings. The van der Waals surface area contributed by atoms with Gasteiger partial charge in [0, 0.05) is 18.9 Å². The van der Waals surface area contributed by atoms with Gasteiger partial charge in [0.25, 0.3) is 0 Å². The van der Waals surface area contributed by atoms with Crippen molar-refractivity contribution in [1.82, 2.24) is 10.2 Å². The molecule has 1 fully saturated rings. The van der Waals surface area contributed by atoms with Gasteiger partial charge in [0.2, 0.25) is 5.91 Å². The minimum atomic E-state index is -1.31. The summed E-state index contributed by atoms with van der Waals surface area (Å²) in [5, 5.41) is 13.6. The number of hydrogen-bond acceptors (Lipinski definition) is 4. The van der Waals surface area contributed by atoms with E-state index in [0.29, 0.717) is 6.42 Å². The lowest BCUT2D eigenvalue weighted by atomic mass is 10.0. The molecule has 2 unspecified atom stereocenters. The van der Waals surface area contributed by atoms with Crippen molar-refractivity contribution in [2.45, 2.75) is 31.6 Å². The molecular weight excluding hydrogens is 272 g/mol. The number of amides is 2. The Morgan fingerprint density at radius 1 is 1.52 bits per heavy atom. The molecule has 2 amide bonds. The van der Waals surface area contributed by atoms with Crippen molar-refractivity contribution in [3.8, 4) is 0 Å². The van der Waals surface area contributed by atoms with Crippen LogP contribution in [0.3, 0.4) is 0 Å². The summed E-state index contributed by atoms with van der Waals surface area (Å²) in [6.07, 6.45) is 0.226. The van der Waals surface area contributed by atoms with Crippen molar-refractivity contribution in [3.63, 3.8) is 0 Å². The lowest BCUT2D eigenvalue weighted by Gasteiger charge is -2.32. The lowest BCUT2D eigenvalue weighted by molar-refractivity contribution is -0.119. The fourth-order valence-electron chi connectivity index (χ4n) is 3.04. The van der Waals surface area contributed by atoms with Crippen molar-refractivity contribution < 1.29 is 19.4 Å². The van der Waals surface area contributed by atoms with Crippen molar-refractivity contribution in [2.75, 3.05) is 13.1 Å². The molecule has 0 radical (unpaired) electrons. The summed E-state index contributed by atoms with van der Waals surface area (Å²) >= 11 is 0. The van der Waals surface area contributed by atoms with Gasteiger partial charge >= 0.3 is 6.09 Å². The molecule has 21 heavy (non-hydrogen) atoms. The monoisotopic (exact) mass is 290 g/mol. The number of benzene rings is 1. The van der Waals surface area contributed by atoms with Crippen LogP contribution in [-0.4, -0.2) is 41.2 Å². The predicted molar refractivity (Wildman–Crippen MR) is 74.3 cm³/mol. The van der Waals surface area contributed by atoms with Crippen LogP contribution in [0, 0.1) is 0 Å². The van der Waals surface area contributed by atoms with Gasteiger partial charge in [0.15, 0.2) is 5.72 Å². The molecule has 1 heterocycles. The Labute approximate surface area is 122 Å². The number of ether oxygens (including phenoxy) is 1. The van der Waals surface area contributed by atoms with Crippen LogP contribution in [0.1, 0.15) is 24.5 Å². The Bertz CT molecular complexity index is 589. The van der Waals surface area contributed by atoms with Crippen molar-refractivity contribution in [2.24, 2.45) is 0 Å². The average molecular weight is 290 g/mol. The highest BCUT2D eigenvalue weighted by molar-refractivity contribution is 5.74. The van der Waals surface area contributed by atoms with Crippen molar-refractivity contribution in [1.29, 1.82) is 0 Å². The Morgan fingerprint density at radius 2 is 2.29 bits per heavy atom. The molecule has 2 N–H and O–H groups in total. The molecule has 0 spiro atoms. The maximum atomic E-state index is 12.1. The zero-order chi connectivity index (χ0) is 15.0. The number of aliphatic hydroxyl groups is 1. The zero-order valence-corrected chi connectivity index (χ0v) is 11.8. The first-order valence-corrected chi connectivity index (χ1v) is 7.04. The second-order valence-electron chi connectivity index (χ2n) is 5.53. The molecule has 6 nitrogen and oxygen atoms in total. The number of hydrogen-bond donors (Lipinski definition) is 2. The van der Waals surface area contributed by atoms with E-state index in [9.17, 15) is 14.7 Å². The van der Waals surface area contributed by atoms with Gasteiger partial charge in [-0.2, -0.15) is 0 Å². The molecule has 1 aromatic carbocycles. The number of nitrogens with zero attached hydrogens (tertiary/aromatic N) is 1. The summed E-state index contributed by atoms with van der Waals surface area (Å²) in [6, 6.07) is 7.58. The van der Waals surface area contributed by atoms with E-state index in [1.165, 1.54) is 11.8 Å². The summed E-state index contributed by atoms with van der Waals surface area (Å²) in [6.45, 7) is 1.94. The molecule has 0 aromatic heterocycles. The second kappa shape index (κ2) is 5.04. The van der Waals surface area contributed by atoms with Gasteiger partial charge in [0.1, 0.15) is 6.10 Å². The van der Waals surface area contributed by atoms with Gasteiger partial charge in [0.05, 0.1) is 13.1 Å². The molecule has 1 aliphatic carbocycles. The predicted octanol–water partition coefficient (Wildman–Crippen LogP) is 0.735. The third-order valence-electron chi connectivity index (χ3n) is 4.09. The van der Waals surface area contributed by atoms with E-state index in [0.717, 1.165) is 17.5 Å². The zero-order valence-electron chi connectivity index (χ0n) is 11.8. The first-order chi connectivity index (χ1) is 10.0. The van der Waals surface area contributed by atoms with Gasteiger partial charge in [-0.15, -0.1) is 0 Å². The van der Waals surface area contributed by atoms with Gasteiger partial charge in [-0.05, 0) is 12.0 Å². The lowest BCUT2D eigenvalue weighted by Crippen LogP contribution is -2.46. The van der Waals surface area contributed by atoms with E-state index in [-0.39, 0.29) is 19.0 Å². The van der Waals surface area contributed by atoms with Crippen LogP contribution in [0.25, 0.3) is 0 Å². The van der Waals surface area contributed by atoms with Crippen LogP contribution in [-0.2, 0) is 21.7 Å². The Morgan fingerprint density at radius 3 is 3.05 bits per heavy atom. The minimum Gasteiger partial charge on any atom is -0.442 e. The number of nitrogens with one attached hydrogen (secondary N) is 1. The maximum Gasteiger partial charge on any atom is 0.412 e. The Balaban J connectivity index is 1.78. The largest absolute Gasteiger partial charge is 0.442 e. The maximum absolute atomic E-state index is 12.1. The summed E-state index contributed by atoms with van der Waals surface area (Å²) < 4.78 is 5.23. The molecule has 1 aliphatic heterocycles. The number of carbonyl (C=O) groups excluding carboxylic acids is 2. The van der Waals surface area contributed by atoms with Crippen LogP contribution in [0.15, 0.2) is 24.3 Å². The molecule has 0 saturated carbocycles. The van der Waals surface area contributed by atoms with Gasteiger partial charge in [-0.25, -0.2) is 4.79 Å². The molecule has 2 atom stereocenters. The Hall–Kier alpha value is -2.08. The van der Waals surface area contributed by atoms with Crippen molar-refractivity contribution in [3.05, 3.63) is 35.4 Å².